The fraction of sp³-hybridized carbons (Fsp3) is 0.714. The number of unbranched alkanes of at least 4 members (excludes halogenated alkanes) is 2. The molecule has 0 bridgehead atoms. The van der Waals surface area contributed by atoms with Gasteiger partial charge in [0.25, 0.3) is 0 Å². The van der Waals surface area contributed by atoms with Crippen molar-refractivity contribution in [3.8, 4) is 0 Å². The Kier molecular flexibility index (Phi) is 6.94. The molecule has 0 aliphatic carbocycles. The van der Waals surface area contributed by atoms with E-state index in [1.165, 1.54) is 18.6 Å². The van der Waals surface area contributed by atoms with Crippen LogP contribution in [0.25, 0.3) is 0 Å². The van der Waals surface area contributed by atoms with Crippen LogP contribution in [0.5, 0.6) is 0 Å². The van der Waals surface area contributed by atoms with Crippen LogP contribution < -0.4 is 5.32 Å². The van der Waals surface area contributed by atoms with Gasteiger partial charge in [-0.05, 0) is 24.9 Å². The van der Waals surface area contributed by atoms with Gasteiger partial charge in [0, 0.05) is 18.0 Å². The molecule has 1 aromatic heterocycles. The first-order valence-corrected chi connectivity index (χ1v) is 8.48. The molecule has 108 valence electrons. The van der Waals surface area contributed by atoms with Crippen molar-refractivity contribution >= 4 is 29.2 Å². The van der Waals surface area contributed by atoms with Crippen LogP contribution in [0.3, 0.4) is 0 Å². The van der Waals surface area contributed by atoms with E-state index in [0.29, 0.717) is 5.15 Å². The highest BCUT2D eigenvalue weighted by Gasteiger charge is 2.18. The van der Waals surface area contributed by atoms with Crippen LogP contribution in [0.15, 0.2) is 6.07 Å². The summed E-state index contributed by atoms with van der Waals surface area (Å²) in [4.78, 5) is 8.81. The second-order valence-electron chi connectivity index (χ2n) is 5.63. The van der Waals surface area contributed by atoms with E-state index in [4.69, 9.17) is 11.6 Å². The summed E-state index contributed by atoms with van der Waals surface area (Å²) in [6.45, 7) is 7.20. The van der Waals surface area contributed by atoms with Gasteiger partial charge in [-0.25, -0.2) is 9.97 Å². The van der Waals surface area contributed by atoms with Crippen molar-refractivity contribution in [2.45, 2.75) is 45.4 Å². The molecule has 0 radical (unpaired) electrons. The zero-order valence-electron chi connectivity index (χ0n) is 12.3. The van der Waals surface area contributed by atoms with Crippen LogP contribution in [0.4, 0.5) is 5.82 Å². The number of aromatic nitrogens is 2. The van der Waals surface area contributed by atoms with Crippen LogP contribution in [-0.2, 0) is 5.41 Å². The lowest BCUT2D eigenvalue weighted by molar-refractivity contribution is 0.546. The molecule has 0 aliphatic rings. The van der Waals surface area contributed by atoms with Gasteiger partial charge in [-0.1, -0.05) is 38.8 Å². The second-order valence-corrected chi connectivity index (χ2v) is 7.00. The minimum Gasteiger partial charge on any atom is -0.370 e. The molecule has 5 heteroatoms. The Morgan fingerprint density at radius 2 is 1.95 bits per heavy atom. The Labute approximate surface area is 125 Å². The fourth-order valence-corrected chi connectivity index (χ4v) is 2.28. The molecule has 0 aromatic carbocycles. The molecule has 1 aromatic rings. The second kappa shape index (κ2) is 7.95. The highest BCUT2D eigenvalue weighted by Crippen LogP contribution is 2.22. The summed E-state index contributed by atoms with van der Waals surface area (Å²) in [5.41, 5.74) is -0.0837. The van der Waals surface area contributed by atoms with Gasteiger partial charge in [0.05, 0.1) is 0 Å². The van der Waals surface area contributed by atoms with Crippen molar-refractivity contribution in [1.82, 2.24) is 9.97 Å². The summed E-state index contributed by atoms with van der Waals surface area (Å²) in [6.07, 6.45) is 5.83. The first kappa shape index (κ1) is 16.6. The largest absolute Gasteiger partial charge is 0.370 e. The van der Waals surface area contributed by atoms with Crippen LogP contribution >= 0.6 is 23.4 Å². The molecule has 0 amide bonds. The first-order valence-electron chi connectivity index (χ1n) is 6.71. The predicted octanol–water partition coefficient (Wildman–Crippen LogP) is 4.37. The van der Waals surface area contributed by atoms with Gasteiger partial charge < -0.3 is 5.32 Å². The third kappa shape index (κ3) is 6.48. The predicted molar refractivity (Wildman–Crippen MR) is 86.5 cm³/mol. The molecular weight excluding hydrogens is 278 g/mol. The van der Waals surface area contributed by atoms with Gasteiger partial charge in [0.2, 0.25) is 0 Å². The van der Waals surface area contributed by atoms with E-state index >= 15 is 0 Å². The van der Waals surface area contributed by atoms with E-state index in [-0.39, 0.29) is 5.41 Å². The molecule has 3 nitrogen and oxygen atoms in total. The van der Waals surface area contributed by atoms with Gasteiger partial charge in [0.1, 0.15) is 16.8 Å². The Morgan fingerprint density at radius 3 is 2.58 bits per heavy atom. The van der Waals surface area contributed by atoms with E-state index in [2.05, 4.69) is 42.3 Å². The molecule has 19 heavy (non-hydrogen) atoms. The van der Waals surface area contributed by atoms with Crippen molar-refractivity contribution in [1.29, 1.82) is 0 Å². The summed E-state index contributed by atoms with van der Waals surface area (Å²) in [5, 5.41) is 3.84. The zero-order chi connectivity index (χ0) is 14.3. The number of hydrogen-bond acceptors (Lipinski definition) is 4. The zero-order valence-corrected chi connectivity index (χ0v) is 13.9. The number of hydrogen-bond donors (Lipinski definition) is 1. The van der Waals surface area contributed by atoms with Crippen molar-refractivity contribution in [2.75, 3.05) is 23.9 Å². The van der Waals surface area contributed by atoms with E-state index in [0.717, 1.165) is 24.6 Å². The smallest absolute Gasteiger partial charge is 0.137 e. The summed E-state index contributed by atoms with van der Waals surface area (Å²) in [7, 11) is 0. The Morgan fingerprint density at radius 1 is 1.21 bits per heavy atom. The molecule has 0 aliphatic heterocycles. The maximum atomic E-state index is 6.04. The highest BCUT2D eigenvalue weighted by molar-refractivity contribution is 7.98. The van der Waals surface area contributed by atoms with E-state index in [1.54, 1.807) is 6.07 Å². The fourth-order valence-electron chi connectivity index (χ4n) is 1.61. The average Bonchev–Trinajstić information content (AvgIpc) is 2.32. The molecule has 0 fully saturated rings. The number of halogens is 1. The highest BCUT2D eigenvalue weighted by atomic mass is 35.5. The number of nitrogens with zero attached hydrogens (tertiary/aromatic N) is 2. The van der Waals surface area contributed by atoms with Gasteiger partial charge in [-0.3, -0.25) is 0 Å². The van der Waals surface area contributed by atoms with Crippen LogP contribution in [-0.4, -0.2) is 28.5 Å². The molecule has 0 saturated heterocycles. The van der Waals surface area contributed by atoms with Crippen molar-refractivity contribution in [3.63, 3.8) is 0 Å². The topological polar surface area (TPSA) is 37.8 Å². The summed E-state index contributed by atoms with van der Waals surface area (Å²) < 4.78 is 0. The van der Waals surface area contributed by atoms with Gasteiger partial charge >= 0.3 is 0 Å². The summed E-state index contributed by atoms with van der Waals surface area (Å²) >= 11 is 7.95. The molecule has 0 saturated carbocycles. The molecule has 1 N–H and O–H groups in total. The summed E-state index contributed by atoms with van der Waals surface area (Å²) in [5.74, 6) is 2.85. The van der Waals surface area contributed by atoms with Crippen LogP contribution in [0.2, 0.25) is 5.15 Å². The van der Waals surface area contributed by atoms with Crippen LogP contribution in [0, 0.1) is 0 Å². The quantitative estimate of drug-likeness (QED) is 0.599. The normalized spacial score (nSPS) is 11.6. The monoisotopic (exact) mass is 301 g/mol. The molecular formula is C14H24ClN3S. The molecule has 0 unspecified atom stereocenters. The van der Waals surface area contributed by atoms with Gasteiger partial charge in [-0.2, -0.15) is 11.8 Å². The average molecular weight is 302 g/mol. The van der Waals surface area contributed by atoms with E-state index in [9.17, 15) is 0 Å². The standard InChI is InChI=1S/C14H24ClN3S/c1-14(2,3)13-17-11(15)10-12(18-13)16-8-6-5-7-9-19-4/h10H,5-9H2,1-4H3,(H,16,17,18). The number of thioether (sulfide) groups is 1. The third-order valence-electron chi connectivity index (χ3n) is 2.70. The lowest BCUT2D eigenvalue weighted by atomic mass is 9.96. The van der Waals surface area contributed by atoms with E-state index < -0.39 is 0 Å². The lowest BCUT2D eigenvalue weighted by Crippen LogP contribution is -2.17. The molecule has 1 rings (SSSR count). The molecule has 0 spiro atoms. The minimum atomic E-state index is -0.0837. The Bertz CT molecular complexity index is 391. The van der Waals surface area contributed by atoms with Crippen molar-refractivity contribution in [3.05, 3.63) is 17.0 Å². The Hall–Kier alpha value is -0.480. The lowest BCUT2D eigenvalue weighted by Gasteiger charge is -2.17. The molecule has 0 atom stereocenters. The van der Waals surface area contributed by atoms with Gasteiger partial charge in [-0.15, -0.1) is 0 Å². The van der Waals surface area contributed by atoms with Crippen molar-refractivity contribution < 1.29 is 0 Å². The van der Waals surface area contributed by atoms with E-state index in [1.807, 2.05) is 11.8 Å². The minimum absolute atomic E-state index is 0.0837. The number of nitrogens with one attached hydrogen (secondary N) is 1. The van der Waals surface area contributed by atoms with Crippen LogP contribution in [0.1, 0.15) is 45.9 Å². The Balaban J connectivity index is 2.48. The first-order chi connectivity index (χ1) is 8.93. The van der Waals surface area contributed by atoms with Gasteiger partial charge in [0.15, 0.2) is 0 Å². The SMILES string of the molecule is CSCCCCCNc1cc(Cl)nc(C(C)(C)C)n1. The maximum absolute atomic E-state index is 6.04. The van der Waals surface area contributed by atoms with Crippen molar-refractivity contribution in [2.24, 2.45) is 0 Å². The number of anilines is 1. The third-order valence-corrected chi connectivity index (χ3v) is 3.59. The summed E-state index contributed by atoms with van der Waals surface area (Å²) in [6, 6.07) is 1.79. The molecule has 1 heterocycles. The number of rotatable bonds is 7. The maximum Gasteiger partial charge on any atom is 0.137 e.